The summed E-state index contributed by atoms with van der Waals surface area (Å²) in [4.78, 5) is 32.8. The van der Waals surface area contributed by atoms with Gasteiger partial charge in [-0.15, -0.1) is 0 Å². The maximum absolute atomic E-state index is 13.4. The van der Waals surface area contributed by atoms with Crippen molar-refractivity contribution >= 4 is 44.6 Å². The van der Waals surface area contributed by atoms with Crippen LogP contribution < -0.4 is 11.4 Å². The van der Waals surface area contributed by atoms with Crippen molar-refractivity contribution < 1.29 is 14.3 Å². The van der Waals surface area contributed by atoms with Gasteiger partial charge in [-0.2, -0.15) is 5.10 Å². The van der Waals surface area contributed by atoms with E-state index in [2.05, 4.69) is 28.3 Å². The molecule has 1 aliphatic heterocycles. The van der Waals surface area contributed by atoms with Crippen molar-refractivity contribution in [3.63, 3.8) is 0 Å². The molecule has 1 amide bonds. The van der Waals surface area contributed by atoms with Crippen LogP contribution in [0.4, 0.5) is 4.79 Å². The number of amides is 1. The van der Waals surface area contributed by atoms with E-state index in [0.717, 1.165) is 75.5 Å². The van der Waals surface area contributed by atoms with Crippen molar-refractivity contribution in [1.82, 2.24) is 28.9 Å². The Labute approximate surface area is 222 Å². The van der Waals surface area contributed by atoms with E-state index in [-0.39, 0.29) is 18.3 Å². The van der Waals surface area contributed by atoms with E-state index in [4.69, 9.17) is 20.2 Å². The zero-order valence-electron chi connectivity index (χ0n) is 21.6. The molecule has 0 spiro atoms. The van der Waals surface area contributed by atoms with Gasteiger partial charge in [-0.3, -0.25) is 13.8 Å². The van der Waals surface area contributed by atoms with E-state index in [1.807, 2.05) is 23.9 Å². The van der Waals surface area contributed by atoms with Gasteiger partial charge in [0.2, 0.25) is 0 Å². The Morgan fingerprint density at radius 2 is 2.13 bits per heavy atom. The Morgan fingerprint density at radius 3 is 2.87 bits per heavy atom. The first-order valence-electron chi connectivity index (χ1n) is 13.3. The molecule has 39 heavy (non-hydrogen) atoms. The summed E-state index contributed by atoms with van der Waals surface area (Å²) in [7, 11) is 1.82. The standard InChI is InChI=1S/C28H29N7O4/c1-33-21-15-30-26-23(25(21)35(28(33)37)19-3-2-4-19)22(24(32-26)16-7-10-38-11-8-16)17-5-6-20-18(13-17)14-31-34(20)9-12-39-27(29)36/h5-7,13-15,19H,2-4,8-12H2,1H3,(H2,29,36)(H,30,32). The van der Waals surface area contributed by atoms with Gasteiger partial charge >= 0.3 is 11.8 Å². The highest BCUT2D eigenvalue weighted by Gasteiger charge is 2.29. The Balaban J connectivity index is 1.47. The predicted octanol–water partition coefficient (Wildman–Crippen LogP) is 3.86. The number of hydrogen-bond donors (Lipinski definition) is 2. The van der Waals surface area contributed by atoms with Crippen LogP contribution in [-0.2, 0) is 23.1 Å². The molecule has 2 aliphatic rings. The highest BCUT2D eigenvalue weighted by atomic mass is 16.5. The minimum Gasteiger partial charge on any atom is -0.448 e. The summed E-state index contributed by atoms with van der Waals surface area (Å²) >= 11 is 0. The largest absolute Gasteiger partial charge is 0.448 e. The Kier molecular flexibility index (Phi) is 5.55. The first-order valence-corrected chi connectivity index (χ1v) is 13.3. The van der Waals surface area contributed by atoms with Crippen molar-refractivity contribution in [3.05, 3.63) is 52.8 Å². The molecule has 4 aromatic heterocycles. The van der Waals surface area contributed by atoms with Gasteiger partial charge in [-0.05, 0) is 49.0 Å². The van der Waals surface area contributed by atoms with Crippen LogP contribution in [0.3, 0.4) is 0 Å². The van der Waals surface area contributed by atoms with Crippen molar-refractivity contribution in [2.45, 2.75) is 38.3 Å². The number of aromatic nitrogens is 6. The molecule has 0 bridgehead atoms. The lowest BCUT2D eigenvalue weighted by atomic mass is 9.92. The van der Waals surface area contributed by atoms with Crippen molar-refractivity contribution in [3.8, 4) is 11.1 Å². The van der Waals surface area contributed by atoms with Crippen LogP contribution in [0.25, 0.3) is 49.7 Å². The zero-order chi connectivity index (χ0) is 26.7. The fourth-order valence-electron chi connectivity index (χ4n) is 5.90. The zero-order valence-corrected chi connectivity index (χ0v) is 21.6. The van der Waals surface area contributed by atoms with Crippen molar-refractivity contribution in [1.29, 1.82) is 0 Å². The van der Waals surface area contributed by atoms with Crippen LogP contribution in [0.5, 0.6) is 0 Å². The van der Waals surface area contributed by atoms with E-state index in [1.54, 1.807) is 15.4 Å². The first-order chi connectivity index (χ1) is 19.0. The molecule has 7 rings (SSSR count). The van der Waals surface area contributed by atoms with Gasteiger partial charge in [-0.1, -0.05) is 12.1 Å². The number of benzene rings is 1. The highest BCUT2D eigenvalue weighted by Crippen LogP contribution is 2.43. The van der Waals surface area contributed by atoms with E-state index < -0.39 is 6.09 Å². The minimum atomic E-state index is -0.802. The molecule has 200 valence electrons. The highest BCUT2D eigenvalue weighted by molar-refractivity contribution is 6.13. The Hall–Kier alpha value is -4.38. The molecule has 0 saturated heterocycles. The Bertz CT molecular complexity index is 1850. The number of nitrogens with one attached hydrogen (secondary N) is 1. The molecule has 0 radical (unpaired) electrons. The number of imidazole rings is 1. The maximum atomic E-state index is 13.4. The number of aromatic amines is 1. The topological polar surface area (TPSA) is 135 Å². The molecule has 3 N–H and O–H groups in total. The third-order valence-corrected chi connectivity index (χ3v) is 8.07. The summed E-state index contributed by atoms with van der Waals surface area (Å²) in [6.45, 7) is 1.76. The number of hydrogen-bond acceptors (Lipinski definition) is 6. The fourth-order valence-corrected chi connectivity index (χ4v) is 5.90. The number of carbonyl (C=O) groups excluding carboxylic acids is 1. The maximum Gasteiger partial charge on any atom is 0.404 e. The molecule has 0 atom stereocenters. The lowest BCUT2D eigenvalue weighted by Gasteiger charge is -2.26. The number of fused-ring (bicyclic) bond motifs is 4. The predicted molar refractivity (Wildman–Crippen MR) is 147 cm³/mol. The van der Waals surface area contributed by atoms with Crippen LogP contribution in [0.1, 0.15) is 37.4 Å². The van der Waals surface area contributed by atoms with Crippen molar-refractivity contribution in [2.75, 3.05) is 19.8 Å². The number of aryl methyl sites for hydroxylation is 1. The summed E-state index contributed by atoms with van der Waals surface area (Å²) in [5, 5.41) is 6.41. The van der Waals surface area contributed by atoms with Gasteiger partial charge in [0.25, 0.3) is 0 Å². The van der Waals surface area contributed by atoms with Crippen LogP contribution >= 0.6 is 0 Å². The summed E-state index contributed by atoms with van der Waals surface area (Å²) in [5.41, 5.74) is 12.8. The number of nitrogens with two attached hydrogens (primary N) is 1. The number of ether oxygens (including phenoxy) is 2. The average Bonchev–Trinajstić information content (AvgIpc) is 3.57. The van der Waals surface area contributed by atoms with Gasteiger partial charge in [0.1, 0.15) is 12.3 Å². The fraction of sp³-hybridized carbons (Fsp3) is 0.357. The van der Waals surface area contributed by atoms with Gasteiger partial charge in [0.15, 0.2) is 0 Å². The van der Waals surface area contributed by atoms with E-state index >= 15 is 0 Å². The van der Waals surface area contributed by atoms with Crippen molar-refractivity contribution in [2.24, 2.45) is 12.8 Å². The lowest BCUT2D eigenvalue weighted by molar-refractivity contribution is 0.151. The monoisotopic (exact) mass is 527 g/mol. The van der Waals surface area contributed by atoms with Crippen LogP contribution in [0, 0.1) is 0 Å². The molecule has 1 aliphatic carbocycles. The molecule has 1 aromatic carbocycles. The molecule has 1 saturated carbocycles. The average molecular weight is 528 g/mol. The first kappa shape index (κ1) is 23.7. The quantitative estimate of drug-likeness (QED) is 0.344. The molecule has 5 heterocycles. The van der Waals surface area contributed by atoms with E-state index in [9.17, 15) is 9.59 Å². The van der Waals surface area contributed by atoms with E-state index in [0.29, 0.717) is 19.8 Å². The smallest absolute Gasteiger partial charge is 0.404 e. The van der Waals surface area contributed by atoms with Crippen LogP contribution in [0.2, 0.25) is 0 Å². The van der Waals surface area contributed by atoms with Gasteiger partial charge < -0.3 is 20.2 Å². The number of pyridine rings is 1. The minimum absolute atomic E-state index is 0.00195. The summed E-state index contributed by atoms with van der Waals surface area (Å²) < 4.78 is 16.0. The van der Waals surface area contributed by atoms with Crippen LogP contribution in [-0.4, -0.2) is 54.8 Å². The van der Waals surface area contributed by atoms with Gasteiger partial charge in [0.05, 0.1) is 59.8 Å². The molecule has 0 unspecified atom stereocenters. The number of carbonyl (C=O) groups is 1. The lowest BCUT2D eigenvalue weighted by Crippen LogP contribution is -2.29. The second kappa shape index (κ2) is 9.12. The van der Waals surface area contributed by atoms with Crippen LogP contribution in [0.15, 0.2) is 41.5 Å². The summed E-state index contributed by atoms with van der Waals surface area (Å²) in [6.07, 6.45) is 8.85. The molecular weight excluding hydrogens is 498 g/mol. The van der Waals surface area contributed by atoms with Gasteiger partial charge in [0, 0.05) is 24.0 Å². The molecule has 1 fully saturated rings. The van der Waals surface area contributed by atoms with E-state index in [1.165, 1.54) is 5.57 Å². The second-order valence-corrected chi connectivity index (χ2v) is 10.3. The molecule has 11 heteroatoms. The Morgan fingerprint density at radius 1 is 1.26 bits per heavy atom. The number of H-pyrrole nitrogens is 1. The second-order valence-electron chi connectivity index (χ2n) is 10.3. The normalized spacial score (nSPS) is 16.2. The summed E-state index contributed by atoms with van der Waals surface area (Å²) in [5.74, 6) is 0. The molecule has 11 nitrogen and oxygen atoms in total. The number of rotatable bonds is 6. The third-order valence-electron chi connectivity index (χ3n) is 8.07. The third kappa shape index (κ3) is 3.75. The number of primary amides is 1. The molecule has 5 aromatic rings. The molecular formula is C28H29N7O4. The SMILES string of the molecule is Cn1c(=O)n(C2CCC2)c2c3c(-c4ccc5c(cnn5CCOC(N)=O)c4)c(C4=CCOCC4)[nH]c3ncc21. The number of nitrogens with zero attached hydrogens (tertiary/aromatic N) is 5. The summed E-state index contributed by atoms with van der Waals surface area (Å²) in [6, 6.07) is 6.42. The van der Waals surface area contributed by atoms with Gasteiger partial charge in [-0.25, -0.2) is 14.6 Å².